The van der Waals surface area contributed by atoms with Crippen LogP contribution in [0, 0.1) is 0 Å². The van der Waals surface area contributed by atoms with Crippen molar-refractivity contribution >= 4 is 73.0 Å². The first-order chi connectivity index (χ1) is 40.1. The van der Waals surface area contributed by atoms with Crippen LogP contribution in [-0.4, -0.2) is 154 Å². The van der Waals surface area contributed by atoms with Crippen LogP contribution in [0.5, 0.6) is 0 Å². The van der Waals surface area contributed by atoms with E-state index in [0.29, 0.717) is 37.7 Å². The molecular formula is C63H76Br2Cl2N12O4. The fourth-order valence-corrected chi connectivity index (χ4v) is 14.7. The molecule has 6 aliphatic rings. The highest BCUT2D eigenvalue weighted by molar-refractivity contribution is 9.10. The maximum absolute atomic E-state index is 14.7. The van der Waals surface area contributed by atoms with E-state index in [1.54, 1.807) is 11.1 Å². The molecule has 4 aromatic heterocycles. The zero-order chi connectivity index (χ0) is 57.8. The van der Waals surface area contributed by atoms with Gasteiger partial charge in [0.25, 0.3) is 0 Å². The topological polar surface area (TPSA) is 150 Å². The number of amides is 3. The number of fused-ring (bicyclic) bond motifs is 4. The second-order valence-electron chi connectivity index (χ2n) is 24.1. The quantitative estimate of drug-likeness (QED) is 0.140. The van der Waals surface area contributed by atoms with Crippen LogP contribution in [0.25, 0.3) is 0 Å². The number of nitrogens with one attached hydrogen (secondary N) is 1. The van der Waals surface area contributed by atoms with Crippen LogP contribution in [0.2, 0.25) is 10.0 Å². The largest absolute Gasteiger partial charge is 0.444 e. The fourth-order valence-electron chi connectivity index (χ4n) is 13.5. The minimum Gasteiger partial charge on any atom is -0.444 e. The number of rotatable bonds is 10. The zero-order valence-corrected chi connectivity index (χ0v) is 52.5. The maximum atomic E-state index is 14.7. The maximum Gasteiger partial charge on any atom is 0.411 e. The summed E-state index contributed by atoms with van der Waals surface area (Å²) in [6.45, 7) is 12.4. The van der Waals surface area contributed by atoms with E-state index in [9.17, 15) is 14.4 Å². The van der Waals surface area contributed by atoms with Gasteiger partial charge in [0, 0.05) is 134 Å². The summed E-state index contributed by atoms with van der Waals surface area (Å²) in [5.41, 5.74) is 8.72. The summed E-state index contributed by atoms with van der Waals surface area (Å²) in [4.78, 5) is 71.2. The smallest absolute Gasteiger partial charge is 0.411 e. The molecule has 83 heavy (non-hydrogen) atoms. The van der Waals surface area contributed by atoms with E-state index in [-0.39, 0.29) is 42.0 Å². The van der Waals surface area contributed by atoms with Gasteiger partial charge in [0.1, 0.15) is 11.6 Å². The third-order valence-corrected chi connectivity index (χ3v) is 18.9. The Balaban J connectivity index is 0.000000176. The molecule has 12 rings (SSSR count). The Morgan fingerprint density at radius 2 is 1.14 bits per heavy atom. The van der Waals surface area contributed by atoms with Gasteiger partial charge in [-0.2, -0.15) is 0 Å². The number of benzene rings is 2. The first kappa shape index (κ1) is 59.5. The van der Waals surface area contributed by atoms with Gasteiger partial charge in [-0.3, -0.25) is 34.3 Å². The summed E-state index contributed by atoms with van der Waals surface area (Å²) in [5, 5.41) is 5.04. The molecule has 4 aliphatic heterocycles. The number of carbonyl (C=O) groups is 3. The van der Waals surface area contributed by atoms with E-state index in [0.717, 1.165) is 134 Å². The molecule has 8 heterocycles. The molecule has 440 valence electrons. The van der Waals surface area contributed by atoms with Crippen molar-refractivity contribution in [3.63, 3.8) is 0 Å². The summed E-state index contributed by atoms with van der Waals surface area (Å²) in [5.74, 6) is 0.230. The summed E-state index contributed by atoms with van der Waals surface area (Å²) < 4.78 is 12.0. The number of ether oxygens (including phenoxy) is 1. The van der Waals surface area contributed by atoms with Gasteiger partial charge < -0.3 is 29.0 Å². The molecule has 6 unspecified atom stereocenters. The van der Waals surface area contributed by atoms with Gasteiger partial charge >= 0.3 is 6.09 Å². The molecule has 0 spiro atoms. The van der Waals surface area contributed by atoms with Gasteiger partial charge in [-0.25, -0.2) is 14.8 Å². The SMILES string of the molecule is CC(C)(C)OC(=O)N1CCN(C2c3ccc(Cl)cc3CCc3cc(Br)cnc32)CC1C(=O)N1CCCCC1CCn1ccnc1.O=C(C1CN(C2c3ccc(Cl)cc3CCc3cc(Br)cnc32)CCN1)N1CCCCC1CCn1ccnc1. The lowest BCUT2D eigenvalue weighted by atomic mass is 9.94. The molecule has 3 amide bonds. The van der Waals surface area contributed by atoms with Crippen molar-refractivity contribution in [1.29, 1.82) is 0 Å². The third-order valence-electron chi connectivity index (χ3n) is 17.5. The van der Waals surface area contributed by atoms with E-state index in [2.05, 4.69) is 107 Å². The number of halogens is 4. The van der Waals surface area contributed by atoms with Crippen LogP contribution >= 0.6 is 55.1 Å². The van der Waals surface area contributed by atoms with Gasteiger partial charge in [0.05, 0.1) is 42.2 Å². The average Bonchev–Trinajstić information content (AvgIpc) is 3.14. The number of piperidine rings is 2. The van der Waals surface area contributed by atoms with Gasteiger partial charge in [-0.1, -0.05) is 35.3 Å². The van der Waals surface area contributed by atoms with E-state index in [4.69, 9.17) is 37.9 Å². The molecular weight excluding hydrogens is 1220 g/mol. The van der Waals surface area contributed by atoms with Crippen LogP contribution in [-0.2, 0) is 53.1 Å². The Labute approximate surface area is 514 Å². The van der Waals surface area contributed by atoms with E-state index in [1.807, 2.05) is 81.4 Å². The minimum atomic E-state index is -0.680. The van der Waals surface area contributed by atoms with Crippen molar-refractivity contribution in [3.05, 3.63) is 162 Å². The number of aryl methyl sites for hydroxylation is 6. The molecule has 2 aromatic carbocycles. The monoisotopic (exact) mass is 1290 g/mol. The fraction of sp³-hybridized carbons (Fsp3) is 0.508. The number of likely N-dealkylation sites (tertiary alicyclic amines) is 2. The van der Waals surface area contributed by atoms with Crippen LogP contribution in [0.1, 0.15) is 129 Å². The van der Waals surface area contributed by atoms with Crippen LogP contribution in [0.4, 0.5) is 4.79 Å². The van der Waals surface area contributed by atoms with E-state index >= 15 is 0 Å². The van der Waals surface area contributed by atoms with Crippen LogP contribution in [0.3, 0.4) is 0 Å². The number of hydrogen-bond acceptors (Lipinski definition) is 11. The van der Waals surface area contributed by atoms with Crippen molar-refractivity contribution in [3.8, 4) is 0 Å². The molecule has 1 N–H and O–H groups in total. The first-order valence-electron chi connectivity index (χ1n) is 29.7. The lowest BCUT2D eigenvalue weighted by Crippen LogP contribution is -2.63. The number of piperazine rings is 2. The zero-order valence-electron chi connectivity index (χ0n) is 47.8. The predicted molar refractivity (Wildman–Crippen MR) is 329 cm³/mol. The molecule has 16 nitrogen and oxygen atoms in total. The van der Waals surface area contributed by atoms with E-state index in [1.165, 1.54) is 34.2 Å². The Hall–Kier alpha value is -5.21. The molecule has 0 bridgehead atoms. The highest BCUT2D eigenvalue weighted by Gasteiger charge is 2.45. The molecule has 0 saturated carbocycles. The molecule has 6 atom stereocenters. The second kappa shape index (κ2) is 26.6. The second-order valence-corrected chi connectivity index (χ2v) is 26.8. The number of aromatic nitrogens is 6. The number of imidazole rings is 2. The van der Waals surface area contributed by atoms with Crippen LogP contribution < -0.4 is 5.32 Å². The Morgan fingerprint density at radius 3 is 1.66 bits per heavy atom. The normalized spacial score (nSPS) is 23.1. The number of nitrogens with zero attached hydrogens (tertiary/aromatic N) is 11. The van der Waals surface area contributed by atoms with Crippen molar-refractivity contribution in [2.24, 2.45) is 0 Å². The van der Waals surface area contributed by atoms with Gasteiger partial charge in [0.2, 0.25) is 11.8 Å². The Kier molecular flexibility index (Phi) is 19.1. The molecule has 6 aromatic rings. The van der Waals surface area contributed by atoms with Crippen molar-refractivity contribution in [2.45, 2.75) is 153 Å². The molecule has 0 radical (unpaired) electrons. The number of hydrogen-bond donors (Lipinski definition) is 1. The Bertz CT molecular complexity index is 3130. The highest BCUT2D eigenvalue weighted by atomic mass is 79.9. The van der Waals surface area contributed by atoms with Gasteiger partial charge in [-0.15, -0.1) is 0 Å². The standard InChI is InChI=1S/C34H42BrClN6O3.C29H34BrClN6O/c1-34(2,3)45-33(44)42-17-16-40(21-29(42)32(43)41-13-5-4-6-27(41)11-14-39-15-12-37-22-39)31-28-10-9-26(36)19-23(28)7-8-24-18-25(35)20-38-30(24)31;30-22-15-21-5-4-20-16-23(31)6-7-25(20)28(27(21)34-17-22)36-14-10-33-26(18-36)29(38)37-11-2-1-3-24(37)8-12-35-13-9-32-19-35/h9-10,12,15,18-20,22,27,29,31H,4-8,11,13-14,16-17,21H2,1-3H3;6-7,9,13,15-17,19,24,26,28,33H,1-5,8,10-12,14,18H2. The molecule has 4 saturated heterocycles. The Morgan fingerprint density at radius 1 is 0.627 bits per heavy atom. The summed E-state index contributed by atoms with van der Waals surface area (Å²) in [7, 11) is 0. The molecule has 20 heteroatoms. The van der Waals surface area contributed by atoms with Crippen LogP contribution in [0.15, 0.2) is 107 Å². The number of carbonyl (C=O) groups excluding carboxylic acids is 3. The van der Waals surface area contributed by atoms with Crippen molar-refractivity contribution in [1.82, 2.24) is 58.9 Å². The highest BCUT2D eigenvalue weighted by Crippen LogP contribution is 2.41. The summed E-state index contributed by atoms with van der Waals surface area (Å²) >= 11 is 20.1. The number of pyridine rings is 2. The summed E-state index contributed by atoms with van der Waals surface area (Å²) in [6.07, 6.45) is 26.2. The van der Waals surface area contributed by atoms with Crippen molar-refractivity contribution < 1.29 is 19.1 Å². The summed E-state index contributed by atoms with van der Waals surface area (Å²) in [6, 6.07) is 16.0. The van der Waals surface area contributed by atoms with Gasteiger partial charge in [-0.05, 0) is 199 Å². The lowest BCUT2D eigenvalue weighted by Gasteiger charge is -2.46. The third kappa shape index (κ3) is 14.1. The minimum absolute atomic E-state index is 0.00339. The molecule has 4 fully saturated rings. The first-order valence-corrected chi connectivity index (χ1v) is 32.1. The van der Waals surface area contributed by atoms with E-state index < -0.39 is 17.7 Å². The average molecular weight is 1300 g/mol. The molecule has 2 aliphatic carbocycles. The predicted octanol–water partition coefficient (Wildman–Crippen LogP) is 10.9. The van der Waals surface area contributed by atoms with Crippen molar-refractivity contribution in [2.75, 3.05) is 52.4 Å². The van der Waals surface area contributed by atoms with Gasteiger partial charge in [0.15, 0.2) is 0 Å². The lowest BCUT2D eigenvalue weighted by molar-refractivity contribution is -0.143.